The number of carbonyl (C=O) groups is 1. The number of likely N-dealkylation sites (tertiary alicyclic amines) is 1. The zero-order chi connectivity index (χ0) is 14.7. The van der Waals surface area contributed by atoms with E-state index in [2.05, 4.69) is 9.97 Å². The molecule has 0 radical (unpaired) electrons. The third-order valence-corrected chi connectivity index (χ3v) is 4.04. The smallest absolute Gasteiger partial charge is 0.270 e. The van der Waals surface area contributed by atoms with Crippen LogP contribution in [0.3, 0.4) is 0 Å². The fraction of sp³-hybridized carbons (Fsp3) is 0.375. The second kappa shape index (κ2) is 6.10. The topological polar surface area (TPSA) is 58.2 Å². The van der Waals surface area contributed by atoms with Gasteiger partial charge in [-0.25, -0.2) is 0 Å². The van der Waals surface area contributed by atoms with Crippen LogP contribution in [0.4, 0.5) is 0 Å². The summed E-state index contributed by atoms with van der Waals surface area (Å²) in [5, 5.41) is 0. The maximum atomic E-state index is 12.6. The highest BCUT2D eigenvalue weighted by Crippen LogP contribution is 2.25. The minimum atomic E-state index is 0.0356. The summed E-state index contributed by atoms with van der Waals surface area (Å²) >= 11 is 0. The highest BCUT2D eigenvalue weighted by Gasteiger charge is 2.37. The Kier molecular flexibility index (Phi) is 4.01. The van der Waals surface area contributed by atoms with Crippen molar-refractivity contribution >= 4 is 5.91 Å². The van der Waals surface area contributed by atoms with Gasteiger partial charge < -0.3 is 14.6 Å². The molecule has 5 heteroatoms. The second-order valence-electron chi connectivity index (χ2n) is 5.28. The lowest BCUT2D eigenvalue weighted by Gasteiger charge is -2.27. The van der Waals surface area contributed by atoms with Crippen LogP contribution in [0.1, 0.15) is 22.5 Å². The molecule has 0 bridgehead atoms. The zero-order valence-corrected chi connectivity index (χ0v) is 12.0. The lowest BCUT2D eigenvalue weighted by Crippen LogP contribution is -2.41. The molecule has 5 nitrogen and oxygen atoms in total. The molecule has 21 heavy (non-hydrogen) atoms. The van der Waals surface area contributed by atoms with Crippen LogP contribution < -0.4 is 0 Å². The molecule has 1 amide bonds. The molecule has 2 atom stereocenters. The summed E-state index contributed by atoms with van der Waals surface area (Å²) in [4.78, 5) is 21.6. The van der Waals surface area contributed by atoms with E-state index in [4.69, 9.17) is 4.74 Å². The molecule has 1 fully saturated rings. The van der Waals surface area contributed by atoms with E-state index in [1.807, 2.05) is 35.4 Å². The number of hydrogen-bond donors (Lipinski definition) is 1. The van der Waals surface area contributed by atoms with Crippen LogP contribution in [0.5, 0.6) is 0 Å². The molecule has 0 saturated carbocycles. The molecule has 3 heterocycles. The fourth-order valence-electron chi connectivity index (χ4n) is 2.97. The summed E-state index contributed by atoms with van der Waals surface area (Å²) < 4.78 is 5.57. The van der Waals surface area contributed by atoms with Crippen molar-refractivity contribution in [3.63, 3.8) is 0 Å². The number of H-pyrrole nitrogens is 1. The van der Waals surface area contributed by atoms with E-state index in [1.54, 1.807) is 19.5 Å². The Balaban J connectivity index is 1.80. The molecule has 2 aromatic heterocycles. The molecular weight excluding hydrogens is 266 g/mol. The number of carbonyl (C=O) groups excluding carboxylic acids is 1. The Morgan fingerprint density at radius 2 is 2.38 bits per heavy atom. The van der Waals surface area contributed by atoms with Gasteiger partial charge in [-0.2, -0.15) is 0 Å². The average Bonchev–Trinajstić information content (AvgIpc) is 3.17. The van der Waals surface area contributed by atoms with Gasteiger partial charge in [-0.1, -0.05) is 6.07 Å². The van der Waals surface area contributed by atoms with Gasteiger partial charge in [0.15, 0.2) is 0 Å². The predicted octanol–water partition coefficient (Wildman–Crippen LogP) is 1.88. The number of rotatable bonds is 4. The fourth-order valence-corrected chi connectivity index (χ4v) is 2.97. The lowest BCUT2D eigenvalue weighted by molar-refractivity contribution is 0.0505. The minimum absolute atomic E-state index is 0.0356. The summed E-state index contributed by atoms with van der Waals surface area (Å²) in [7, 11) is 1.71. The lowest BCUT2D eigenvalue weighted by atomic mass is 10.0. The average molecular weight is 285 g/mol. The Labute approximate surface area is 124 Å². The van der Waals surface area contributed by atoms with Crippen LogP contribution in [-0.2, 0) is 11.2 Å². The van der Waals surface area contributed by atoms with Crippen molar-refractivity contribution in [1.82, 2.24) is 14.9 Å². The number of aromatic nitrogens is 2. The van der Waals surface area contributed by atoms with Crippen LogP contribution in [0, 0.1) is 0 Å². The van der Waals surface area contributed by atoms with Gasteiger partial charge in [-0.3, -0.25) is 9.78 Å². The van der Waals surface area contributed by atoms with Gasteiger partial charge in [-0.05, 0) is 36.6 Å². The van der Waals surface area contributed by atoms with Crippen molar-refractivity contribution in [2.45, 2.75) is 25.0 Å². The molecule has 1 aliphatic heterocycles. The van der Waals surface area contributed by atoms with Gasteiger partial charge in [0.1, 0.15) is 5.69 Å². The summed E-state index contributed by atoms with van der Waals surface area (Å²) in [5.41, 5.74) is 1.75. The quantitative estimate of drug-likeness (QED) is 0.933. The van der Waals surface area contributed by atoms with Crippen molar-refractivity contribution in [2.75, 3.05) is 13.7 Å². The Bertz CT molecular complexity index is 583. The standard InChI is InChI=1S/C16H19N3O2/c1-21-15-6-9-19(16(20)13-5-3-8-18-13)14(15)10-12-4-2-7-17-11-12/h2-5,7-8,11,14-15,18H,6,9-10H2,1H3/t14-,15+/m0/s1. The Hall–Kier alpha value is -2.14. The molecule has 2 aromatic rings. The van der Waals surface area contributed by atoms with Gasteiger partial charge in [0, 0.05) is 32.2 Å². The second-order valence-corrected chi connectivity index (χ2v) is 5.28. The first-order chi connectivity index (χ1) is 10.3. The van der Waals surface area contributed by atoms with E-state index in [-0.39, 0.29) is 18.1 Å². The van der Waals surface area contributed by atoms with E-state index in [0.717, 1.165) is 24.9 Å². The maximum Gasteiger partial charge on any atom is 0.270 e. The molecule has 1 N–H and O–H groups in total. The van der Waals surface area contributed by atoms with Gasteiger partial charge in [-0.15, -0.1) is 0 Å². The third kappa shape index (κ3) is 2.83. The van der Waals surface area contributed by atoms with Gasteiger partial charge in [0.25, 0.3) is 5.91 Å². The van der Waals surface area contributed by atoms with E-state index in [0.29, 0.717) is 5.69 Å². The van der Waals surface area contributed by atoms with Gasteiger partial charge in [0.05, 0.1) is 12.1 Å². The van der Waals surface area contributed by atoms with Crippen LogP contribution >= 0.6 is 0 Å². The van der Waals surface area contributed by atoms with Gasteiger partial charge in [0.2, 0.25) is 0 Å². The first-order valence-electron chi connectivity index (χ1n) is 7.15. The number of ether oxygens (including phenoxy) is 1. The number of amides is 1. The third-order valence-electron chi connectivity index (χ3n) is 4.04. The number of pyridine rings is 1. The summed E-state index contributed by atoms with van der Waals surface area (Å²) in [6.45, 7) is 0.724. The highest BCUT2D eigenvalue weighted by atomic mass is 16.5. The minimum Gasteiger partial charge on any atom is -0.379 e. The van der Waals surface area contributed by atoms with E-state index < -0.39 is 0 Å². The number of methoxy groups -OCH3 is 1. The van der Waals surface area contributed by atoms with E-state index >= 15 is 0 Å². The van der Waals surface area contributed by atoms with Crippen molar-refractivity contribution in [1.29, 1.82) is 0 Å². The Morgan fingerprint density at radius 3 is 3.05 bits per heavy atom. The van der Waals surface area contributed by atoms with Crippen molar-refractivity contribution in [3.05, 3.63) is 54.1 Å². The van der Waals surface area contributed by atoms with Crippen molar-refractivity contribution in [3.8, 4) is 0 Å². The summed E-state index contributed by atoms with van der Waals surface area (Å²) in [5.74, 6) is 0.0356. The molecule has 1 saturated heterocycles. The molecule has 0 spiro atoms. The van der Waals surface area contributed by atoms with Crippen LogP contribution in [0.15, 0.2) is 42.9 Å². The summed E-state index contributed by atoms with van der Waals surface area (Å²) in [6.07, 6.45) is 7.08. The molecule has 1 aliphatic rings. The summed E-state index contributed by atoms with van der Waals surface area (Å²) in [6, 6.07) is 7.66. The molecule has 110 valence electrons. The predicted molar refractivity (Wildman–Crippen MR) is 79.0 cm³/mol. The SMILES string of the molecule is CO[C@@H]1CCN(C(=O)c2ccc[nH]2)[C@H]1Cc1cccnc1. The monoisotopic (exact) mass is 285 g/mol. The maximum absolute atomic E-state index is 12.6. The van der Waals surface area contributed by atoms with Crippen LogP contribution in [-0.4, -0.2) is 46.6 Å². The number of nitrogens with zero attached hydrogens (tertiary/aromatic N) is 2. The number of aromatic amines is 1. The number of hydrogen-bond acceptors (Lipinski definition) is 3. The highest BCUT2D eigenvalue weighted by molar-refractivity contribution is 5.92. The molecule has 3 rings (SSSR count). The first kappa shape index (κ1) is 13.8. The molecular formula is C16H19N3O2. The Morgan fingerprint density at radius 1 is 1.48 bits per heavy atom. The van der Waals surface area contributed by atoms with Crippen molar-refractivity contribution in [2.24, 2.45) is 0 Å². The van der Waals surface area contributed by atoms with Crippen molar-refractivity contribution < 1.29 is 9.53 Å². The van der Waals surface area contributed by atoms with Crippen LogP contribution in [0.25, 0.3) is 0 Å². The number of nitrogens with one attached hydrogen (secondary N) is 1. The first-order valence-corrected chi connectivity index (χ1v) is 7.15. The van der Waals surface area contributed by atoms with Crippen LogP contribution in [0.2, 0.25) is 0 Å². The zero-order valence-electron chi connectivity index (χ0n) is 12.0. The van der Waals surface area contributed by atoms with E-state index in [9.17, 15) is 4.79 Å². The van der Waals surface area contributed by atoms with E-state index in [1.165, 1.54) is 0 Å². The molecule has 0 unspecified atom stereocenters. The van der Waals surface area contributed by atoms with Gasteiger partial charge >= 0.3 is 0 Å². The molecule has 0 aliphatic carbocycles. The molecule has 0 aromatic carbocycles. The largest absolute Gasteiger partial charge is 0.379 e. The normalized spacial score (nSPS) is 21.7.